The molecule has 0 aromatic heterocycles. The number of rotatable bonds is 7. The van der Waals surface area contributed by atoms with Crippen LogP contribution in [0.15, 0.2) is 0 Å². The molecular weight excluding hydrogens is 156 g/mol. The Morgan fingerprint density at radius 2 is 2.00 bits per heavy atom. The number of hydrogen-bond acceptors (Lipinski definition) is 2. The summed E-state index contributed by atoms with van der Waals surface area (Å²) >= 11 is 0. The molecule has 0 amide bonds. The van der Waals surface area contributed by atoms with Gasteiger partial charge in [0.2, 0.25) is 0 Å². The van der Waals surface area contributed by atoms with E-state index < -0.39 is 0 Å². The molecule has 0 aromatic carbocycles. The van der Waals surface area contributed by atoms with Gasteiger partial charge in [0.25, 0.3) is 0 Å². The van der Waals surface area contributed by atoms with Gasteiger partial charge >= 0.3 is 0 Å². The fraction of sp³-hybridized carbons (Fsp3) is 0.875. The molecule has 1 radical (unpaired) electrons. The van der Waals surface area contributed by atoms with Gasteiger partial charge in [0.15, 0.2) is 0 Å². The van der Waals surface area contributed by atoms with Crippen LogP contribution in [0.5, 0.6) is 0 Å². The minimum atomic E-state index is -0.265. The molecule has 0 spiro atoms. The van der Waals surface area contributed by atoms with E-state index in [0.29, 0.717) is 0 Å². The third-order valence-electron chi connectivity index (χ3n) is 1.65. The van der Waals surface area contributed by atoms with Crippen molar-refractivity contribution < 1.29 is 9.47 Å². The van der Waals surface area contributed by atoms with Gasteiger partial charge in [-0.05, 0) is 6.04 Å². The smallest absolute Gasteiger partial charge is 0.134 e. The summed E-state index contributed by atoms with van der Waals surface area (Å²) < 4.78 is 10.2. The Kier molecular flexibility index (Phi) is 8.34. The standard InChI is InChI=1S/C8H19O2Si/c1-4-5-6-7-11-8(9-2)10-3/h7-8H,4-6,11H2,1-3H3. The summed E-state index contributed by atoms with van der Waals surface area (Å²) in [6.07, 6.45) is 3.80. The predicted molar refractivity (Wildman–Crippen MR) is 50.2 cm³/mol. The summed E-state index contributed by atoms with van der Waals surface area (Å²) in [6, 6.07) is 2.36. The average Bonchev–Trinajstić information content (AvgIpc) is 2.05. The van der Waals surface area contributed by atoms with Crippen molar-refractivity contribution in [3.05, 3.63) is 6.04 Å². The van der Waals surface area contributed by atoms with E-state index in [1.807, 2.05) is 0 Å². The van der Waals surface area contributed by atoms with Gasteiger partial charge in [-0.1, -0.05) is 26.2 Å². The van der Waals surface area contributed by atoms with E-state index in [0.717, 1.165) is 0 Å². The lowest BCUT2D eigenvalue weighted by Gasteiger charge is -2.11. The number of methoxy groups -OCH3 is 2. The van der Waals surface area contributed by atoms with E-state index in [-0.39, 0.29) is 15.4 Å². The molecule has 3 heteroatoms. The summed E-state index contributed by atoms with van der Waals surface area (Å²) in [5.41, 5.74) is 0. The molecule has 0 heterocycles. The van der Waals surface area contributed by atoms with Crippen molar-refractivity contribution in [1.29, 1.82) is 0 Å². The first-order valence-corrected chi connectivity index (χ1v) is 5.85. The van der Waals surface area contributed by atoms with Crippen molar-refractivity contribution in [2.24, 2.45) is 0 Å². The van der Waals surface area contributed by atoms with Gasteiger partial charge in [-0.25, -0.2) is 0 Å². The van der Waals surface area contributed by atoms with Gasteiger partial charge in [-0.15, -0.1) is 0 Å². The molecule has 67 valence electrons. The van der Waals surface area contributed by atoms with Crippen LogP contribution in [0.25, 0.3) is 0 Å². The van der Waals surface area contributed by atoms with E-state index in [4.69, 9.17) is 9.47 Å². The minimum absolute atomic E-state index is 0.0897. The Morgan fingerprint density at radius 1 is 1.36 bits per heavy atom. The zero-order chi connectivity index (χ0) is 8.53. The van der Waals surface area contributed by atoms with Crippen molar-refractivity contribution in [2.45, 2.75) is 32.1 Å². The molecule has 0 atom stereocenters. The molecule has 0 bridgehead atoms. The normalized spacial score (nSPS) is 12.0. The lowest BCUT2D eigenvalue weighted by atomic mass is 10.3. The summed E-state index contributed by atoms with van der Waals surface area (Å²) in [4.78, 5) is 0. The Bertz CT molecular complexity index is 74.5. The first-order chi connectivity index (χ1) is 5.35. The number of unbranched alkanes of at least 4 members (excludes halogenated alkanes) is 2. The molecule has 0 aromatic rings. The van der Waals surface area contributed by atoms with Crippen molar-refractivity contribution in [3.8, 4) is 0 Å². The molecule has 0 fully saturated rings. The van der Waals surface area contributed by atoms with E-state index in [2.05, 4.69) is 13.0 Å². The molecule has 0 saturated heterocycles. The predicted octanol–water partition coefficient (Wildman–Crippen LogP) is 1.08. The molecule has 0 aliphatic carbocycles. The quantitative estimate of drug-likeness (QED) is 0.327. The molecule has 11 heavy (non-hydrogen) atoms. The summed E-state index contributed by atoms with van der Waals surface area (Å²) in [6.45, 7) is 2.21. The lowest BCUT2D eigenvalue weighted by molar-refractivity contribution is -0.0435. The fourth-order valence-corrected chi connectivity index (χ4v) is 2.07. The van der Waals surface area contributed by atoms with E-state index >= 15 is 0 Å². The lowest BCUT2D eigenvalue weighted by Crippen LogP contribution is -2.21. The van der Waals surface area contributed by atoms with Crippen LogP contribution < -0.4 is 0 Å². The van der Waals surface area contributed by atoms with E-state index in [9.17, 15) is 0 Å². The van der Waals surface area contributed by atoms with Crippen LogP contribution in [-0.2, 0) is 9.47 Å². The van der Waals surface area contributed by atoms with Crippen LogP contribution in [0.1, 0.15) is 26.2 Å². The second-order valence-corrected chi connectivity index (χ2v) is 4.28. The summed E-state index contributed by atoms with van der Waals surface area (Å²) in [5, 5.41) is 0. The Balaban J connectivity index is 3.07. The zero-order valence-corrected chi connectivity index (χ0v) is 9.21. The van der Waals surface area contributed by atoms with Crippen molar-refractivity contribution in [1.82, 2.24) is 0 Å². The second kappa shape index (κ2) is 8.24. The van der Waals surface area contributed by atoms with Gasteiger partial charge < -0.3 is 9.47 Å². The molecule has 0 N–H and O–H groups in total. The highest BCUT2D eigenvalue weighted by molar-refractivity contribution is 6.41. The average molecular weight is 175 g/mol. The molecule has 0 aliphatic rings. The first kappa shape index (κ1) is 11.1. The monoisotopic (exact) mass is 175 g/mol. The minimum Gasteiger partial charge on any atom is -0.360 e. The topological polar surface area (TPSA) is 18.5 Å². The molecule has 0 saturated carbocycles. The van der Waals surface area contributed by atoms with Crippen molar-refractivity contribution >= 4 is 9.52 Å². The first-order valence-electron chi connectivity index (χ1n) is 4.22. The highest BCUT2D eigenvalue weighted by Gasteiger charge is 2.03. The third-order valence-corrected chi connectivity index (χ3v) is 3.44. The van der Waals surface area contributed by atoms with Gasteiger partial charge in [-0.2, -0.15) is 0 Å². The van der Waals surface area contributed by atoms with Crippen LogP contribution in [0.3, 0.4) is 0 Å². The van der Waals surface area contributed by atoms with Gasteiger partial charge in [0.05, 0.1) is 9.52 Å². The Labute approximate surface area is 72.1 Å². The van der Waals surface area contributed by atoms with Gasteiger partial charge in [-0.3, -0.25) is 0 Å². The maximum absolute atomic E-state index is 5.09. The van der Waals surface area contributed by atoms with E-state index in [1.54, 1.807) is 14.2 Å². The fourth-order valence-electron chi connectivity index (χ4n) is 0.891. The number of ether oxygens (including phenoxy) is 2. The molecule has 0 rings (SSSR count). The molecule has 0 aliphatic heterocycles. The van der Waals surface area contributed by atoms with Crippen LogP contribution in [0.2, 0.25) is 0 Å². The molecular formula is C8H19O2Si. The Hall–Kier alpha value is 0.137. The maximum Gasteiger partial charge on any atom is 0.134 e. The highest BCUT2D eigenvalue weighted by Crippen LogP contribution is 1.99. The van der Waals surface area contributed by atoms with Crippen molar-refractivity contribution in [3.63, 3.8) is 0 Å². The maximum atomic E-state index is 5.09. The summed E-state index contributed by atoms with van der Waals surface area (Å²) in [7, 11) is 3.14. The highest BCUT2D eigenvalue weighted by atomic mass is 28.2. The zero-order valence-electron chi connectivity index (χ0n) is 7.80. The number of hydrogen-bond donors (Lipinski definition) is 0. The summed E-state index contributed by atoms with van der Waals surface area (Å²) in [5.74, 6) is 0.0897. The SMILES string of the molecule is CCCC[CH][SiH2]C(OC)OC. The van der Waals surface area contributed by atoms with Crippen molar-refractivity contribution in [2.75, 3.05) is 14.2 Å². The van der Waals surface area contributed by atoms with Crippen LogP contribution in [0.4, 0.5) is 0 Å². The van der Waals surface area contributed by atoms with Gasteiger partial charge in [0.1, 0.15) is 5.91 Å². The van der Waals surface area contributed by atoms with Gasteiger partial charge in [0, 0.05) is 14.2 Å². The van der Waals surface area contributed by atoms with Crippen LogP contribution >= 0.6 is 0 Å². The van der Waals surface area contributed by atoms with E-state index in [1.165, 1.54) is 19.3 Å². The van der Waals surface area contributed by atoms with Crippen LogP contribution in [-0.4, -0.2) is 29.7 Å². The second-order valence-electron chi connectivity index (χ2n) is 2.57. The third kappa shape index (κ3) is 6.53. The van der Waals surface area contributed by atoms with Crippen LogP contribution in [0, 0.1) is 6.04 Å². The molecule has 2 nitrogen and oxygen atoms in total. The molecule has 0 unspecified atom stereocenters. The Morgan fingerprint density at radius 3 is 2.45 bits per heavy atom. The largest absolute Gasteiger partial charge is 0.360 e.